The summed E-state index contributed by atoms with van der Waals surface area (Å²) in [5.74, 6) is -0.0972. The maximum absolute atomic E-state index is 13.1. The molecule has 0 unspecified atom stereocenters. The predicted octanol–water partition coefficient (Wildman–Crippen LogP) is 3.58. The van der Waals surface area contributed by atoms with Crippen LogP contribution in [-0.4, -0.2) is 50.5 Å². The number of anilines is 1. The third-order valence-electron chi connectivity index (χ3n) is 5.74. The van der Waals surface area contributed by atoms with E-state index in [0.29, 0.717) is 58.4 Å². The van der Waals surface area contributed by atoms with Crippen LogP contribution in [0.25, 0.3) is 0 Å². The van der Waals surface area contributed by atoms with Crippen molar-refractivity contribution < 1.29 is 37.7 Å². The van der Waals surface area contributed by atoms with Crippen LogP contribution >= 0.6 is 0 Å². The molecule has 0 bridgehead atoms. The van der Waals surface area contributed by atoms with E-state index in [9.17, 15) is 18.8 Å². The van der Waals surface area contributed by atoms with Gasteiger partial charge in [0.1, 0.15) is 5.82 Å². The summed E-state index contributed by atoms with van der Waals surface area (Å²) in [6.45, 7) is 5.38. The molecule has 0 radical (unpaired) electrons. The molecule has 0 saturated heterocycles. The van der Waals surface area contributed by atoms with Gasteiger partial charge >= 0.3 is 0 Å². The molecule has 12 heteroatoms. The van der Waals surface area contributed by atoms with Crippen LogP contribution in [0.3, 0.4) is 0 Å². The zero-order valence-electron chi connectivity index (χ0n) is 22.8. The maximum atomic E-state index is 13.1. The summed E-state index contributed by atoms with van der Waals surface area (Å²) < 4.78 is 35.2. The Morgan fingerprint density at radius 2 is 1.81 bits per heavy atom. The number of nitrogens with one attached hydrogen (secondary N) is 3. The molecule has 218 valence electrons. The van der Waals surface area contributed by atoms with E-state index in [4.69, 9.17) is 18.9 Å². The molecule has 3 aromatic rings. The fourth-order valence-corrected chi connectivity index (χ4v) is 3.88. The highest BCUT2D eigenvalue weighted by atomic mass is 19.1. The summed E-state index contributed by atoms with van der Waals surface area (Å²) in [5, 5.41) is 9.13. The normalized spacial score (nSPS) is 11.6. The van der Waals surface area contributed by atoms with E-state index in [1.54, 1.807) is 37.3 Å². The molecule has 11 nitrogen and oxygen atoms in total. The number of fused-ring (bicyclic) bond motifs is 1. The van der Waals surface area contributed by atoms with Crippen LogP contribution in [0, 0.1) is 5.82 Å². The Labute approximate surface area is 241 Å². The van der Waals surface area contributed by atoms with Gasteiger partial charge in [0.25, 0.3) is 17.7 Å². The van der Waals surface area contributed by atoms with Gasteiger partial charge in [0.2, 0.25) is 6.79 Å². The molecule has 0 spiro atoms. The highest BCUT2D eigenvalue weighted by molar-refractivity contribution is 5.97. The zero-order valence-corrected chi connectivity index (χ0v) is 22.8. The van der Waals surface area contributed by atoms with Crippen molar-refractivity contribution in [3.8, 4) is 23.0 Å². The smallest absolute Gasteiger partial charge is 0.262 e. The van der Waals surface area contributed by atoms with E-state index in [0.717, 1.165) is 0 Å². The summed E-state index contributed by atoms with van der Waals surface area (Å²) >= 11 is 0. The van der Waals surface area contributed by atoms with Crippen molar-refractivity contribution in [1.29, 1.82) is 0 Å². The maximum Gasteiger partial charge on any atom is 0.262 e. The van der Waals surface area contributed by atoms with Crippen LogP contribution < -0.4 is 35.0 Å². The van der Waals surface area contributed by atoms with Crippen molar-refractivity contribution in [2.24, 2.45) is 5.10 Å². The number of carbonyl (C=O) groups excluding carboxylic acids is 3. The molecule has 0 saturated carbocycles. The largest absolute Gasteiger partial charge is 0.490 e. The number of hydrogen-bond donors (Lipinski definition) is 3. The molecular formula is C30H29FN4O7. The third-order valence-corrected chi connectivity index (χ3v) is 5.74. The van der Waals surface area contributed by atoms with Crippen molar-refractivity contribution in [1.82, 2.24) is 10.7 Å². The number of amides is 3. The average Bonchev–Trinajstić information content (AvgIpc) is 3.45. The topological polar surface area (TPSA) is 137 Å². The van der Waals surface area contributed by atoms with Gasteiger partial charge in [0.15, 0.2) is 29.6 Å². The quantitative estimate of drug-likeness (QED) is 0.161. The third kappa shape index (κ3) is 8.07. The highest BCUT2D eigenvalue weighted by Gasteiger charge is 2.17. The van der Waals surface area contributed by atoms with E-state index in [1.165, 1.54) is 36.5 Å². The van der Waals surface area contributed by atoms with Crippen LogP contribution in [0.4, 0.5) is 10.1 Å². The molecule has 42 heavy (non-hydrogen) atoms. The van der Waals surface area contributed by atoms with Gasteiger partial charge in [-0.3, -0.25) is 14.4 Å². The van der Waals surface area contributed by atoms with Gasteiger partial charge in [-0.2, -0.15) is 5.10 Å². The number of allylic oxidation sites excluding steroid dienone is 1. The number of nitrogens with zero attached hydrogens (tertiary/aromatic N) is 1. The van der Waals surface area contributed by atoms with Crippen LogP contribution in [-0.2, 0) is 16.0 Å². The van der Waals surface area contributed by atoms with Crippen LogP contribution in [0.1, 0.15) is 28.4 Å². The highest BCUT2D eigenvalue weighted by Crippen LogP contribution is 2.34. The Morgan fingerprint density at radius 1 is 1.02 bits per heavy atom. The van der Waals surface area contributed by atoms with Crippen molar-refractivity contribution in [2.75, 3.05) is 31.9 Å². The summed E-state index contributed by atoms with van der Waals surface area (Å²) in [7, 11) is 0. The SMILES string of the molecule is C=CCc1cc(C=NNC(=O)CNC(=O)c2ccc3c(c2)OCO3)cc(OCC)c1OCC(=O)Nc1ccc(F)cc1. The molecule has 3 aromatic carbocycles. The number of hydrogen-bond acceptors (Lipinski definition) is 8. The summed E-state index contributed by atoms with van der Waals surface area (Å²) in [6.07, 6.45) is 3.48. The van der Waals surface area contributed by atoms with E-state index < -0.39 is 23.5 Å². The number of halogens is 1. The first-order valence-corrected chi connectivity index (χ1v) is 12.9. The minimum atomic E-state index is -0.538. The molecule has 0 fully saturated rings. The van der Waals surface area contributed by atoms with Crippen molar-refractivity contribution in [2.45, 2.75) is 13.3 Å². The van der Waals surface area contributed by atoms with E-state index >= 15 is 0 Å². The molecule has 0 aromatic heterocycles. The van der Waals surface area contributed by atoms with Gasteiger partial charge in [0, 0.05) is 16.8 Å². The second-order valence-electron chi connectivity index (χ2n) is 8.82. The molecule has 0 aliphatic carbocycles. The molecule has 1 aliphatic rings. The van der Waals surface area contributed by atoms with E-state index in [1.807, 2.05) is 0 Å². The van der Waals surface area contributed by atoms with Crippen molar-refractivity contribution >= 4 is 29.6 Å². The fourth-order valence-electron chi connectivity index (χ4n) is 3.88. The monoisotopic (exact) mass is 576 g/mol. The number of carbonyl (C=O) groups is 3. The number of rotatable bonds is 13. The molecule has 4 rings (SSSR count). The van der Waals surface area contributed by atoms with Crippen LogP contribution in [0.15, 0.2) is 72.4 Å². The standard InChI is InChI=1S/C30H29FN4O7/c1-3-5-20-12-19(13-26(39-4-2)29(20)40-17-28(37)34-23-9-7-22(31)8-10-23)15-33-35-27(36)16-32-30(38)21-6-11-24-25(14-21)42-18-41-24/h3,6-15H,1,4-5,16-18H2,2H3,(H,32,38)(H,34,37)(H,35,36). The van der Waals surface area contributed by atoms with Gasteiger partial charge in [-0.1, -0.05) is 6.08 Å². The number of ether oxygens (including phenoxy) is 4. The fraction of sp³-hybridized carbons (Fsp3) is 0.200. The Hall–Kier alpha value is -5.39. The molecule has 0 atom stereocenters. The Balaban J connectivity index is 1.35. The Morgan fingerprint density at radius 3 is 2.57 bits per heavy atom. The zero-order chi connectivity index (χ0) is 29.9. The Kier molecular flexibility index (Phi) is 10.1. The lowest BCUT2D eigenvalue weighted by Crippen LogP contribution is -2.34. The van der Waals surface area contributed by atoms with Crippen LogP contribution in [0.2, 0.25) is 0 Å². The minimum absolute atomic E-state index is 0.0910. The van der Waals surface area contributed by atoms with Gasteiger partial charge < -0.3 is 29.6 Å². The van der Waals surface area contributed by atoms with E-state index in [2.05, 4.69) is 27.7 Å². The first kappa shape index (κ1) is 29.6. The molecule has 3 N–H and O–H groups in total. The minimum Gasteiger partial charge on any atom is -0.490 e. The molecule has 3 amide bonds. The molecular weight excluding hydrogens is 547 g/mol. The van der Waals surface area contributed by atoms with Crippen LogP contribution in [0.5, 0.6) is 23.0 Å². The summed E-state index contributed by atoms with van der Waals surface area (Å²) in [4.78, 5) is 37.0. The number of hydrazone groups is 1. The second kappa shape index (κ2) is 14.3. The first-order chi connectivity index (χ1) is 20.4. The van der Waals surface area contributed by atoms with E-state index in [-0.39, 0.29) is 19.9 Å². The van der Waals surface area contributed by atoms with Gasteiger partial charge in [-0.05, 0) is 73.5 Å². The summed E-state index contributed by atoms with van der Waals surface area (Å²) in [6, 6.07) is 13.5. The van der Waals surface area contributed by atoms with Gasteiger partial charge in [-0.15, -0.1) is 6.58 Å². The first-order valence-electron chi connectivity index (χ1n) is 12.9. The van der Waals surface area contributed by atoms with Crippen molar-refractivity contribution in [3.05, 3.63) is 89.8 Å². The number of benzene rings is 3. The molecule has 1 aliphatic heterocycles. The molecule has 1 heterocycles. The van der Waals surface area contributed by atoms with Crippen molar-refractivity contribution in [3.63, 3.8) is 0 Å². The second-order valence-corrected chi connectivity index (χ2v) is 8.82. The lowest BCUT2D eigenvalue weighted by Gasteiger charge is -2.16. The lowest BCUT2D eigenvalue weighted by molar-refractivity contribution is -0.120. The van der Waals surface area contributed by atoms with Gasteiger partial charge in [-0.25, -0.2) is 9.82 Å². The predicted molar refractivity (Wildman–Crippen MR) is 153 cm³/mol. The summed E-state index contributed by atoms with van der Waals surface area (Å²) in [5.41, 5.74) is 4.38. The average molecular weight is 577 g/mol. The van der Waals surface area contributed by atoms with Gasteiger partial charge in [0.05, 0.1) is 19.4 Å². The Bertz CT molecular complexity index is 1490. The lowest BCUT2D eigenvalue weighted by atomic mass is 10.1.